The highest BCUT2D eigenvalue weighted by molar-refractivity contribution is 7.10. The molecule has 1 aromatic heterocycles. The zero-order chi connectivity index (χ0) is 15.3. The lowest BCUT2D eigenvalue weighted by molar-refractivity contribution is 0.103. The number of benzene rings is 1. The Labute approximate surface area is 134 Å². The van der Waals surface area contributed by atoms with Crippen LogP contribution in [0.4, 0.5) is 0 Å². The average molecular weight is 307 g/mol. The highest BCUT2D eigenvalue weighted by Gasteiger charge is 2.39. The van der Waals surface area contributed by atoms with E-state index >= 15 is 0 Å². The number of thiophene rings is 1. The molecule has 0 spiro atoms. The zero-order valence-electron chi connectivity index (χ0n) is 12.7. The van der Waals surface area contributed by atoms with Crippen LogP contribution in [0, 0.1) is 0 Å². The van der Waals surface area contributed by atoms with Crippen LogP contribution in [-0.4, -0.2) is 17.2 Å². The van der Waals surface area contributed by atoms with E-state index in [1.54, 1.807) is 11.3 Å². The summed E-state index contributed by atoms with van der Waals surface area (Å²) in [6.45, 7) is 5.15. The fraction of sp³-hybridized carbons (Fsp3) is 0.211. The second-order valence-corrected chi connectivity index (χ2v) is 6.66. The Bertz CT molecular complexity index is 814. The molecule has 0 saturated carbocycles. The summed E-state index contributed by atoms with van der Waals surface area (Å²) in [6, 6.07) is 12.2. The molecule has 1 unspecified atom stereocenters. The highest BCUT2D eigenvalue weighted by atomic mass is 32.1. The van der Waals surface area contributed by atoms with E-state index in [0.717, 1.165) is 28.9 Å². The summed E-state index contributed by atoms with van der Waals surface area (Å²) in [6.07, 6.45) is 2.23. The smallest absolute Gasteiger partial charge is 0.192 e. The Hall–Kier alpha value is -2.13. The summed E-state index contributed by atoms with van der Waals surface area (Å²) in [5.74, 6) is 0.268. The zero-order valence-corrected chi connectivity index (χ0v) is 13.5. The van der Waals surface area contributed by atoms with Gasteiger partial charge < -0.3 is 4.90 Å². The SMILES string of the molecule is CCN1C(C)=CC(c2cccs2)C2=C1c1ccccc1C2=O. The predicted molar refractivity (Wildman–Crippen MR) is 90.9 cm³/mol. The van der Waals surface area contributed by atoms with Crippen molar-refractivity contribution in [1.29, 1.82) is 0 Å². The fourth-order valence-electron chi connectivity index (χ4n) is 3.56. The molecule has 2 aromatic rings. The number of carbonyl (C=O) groups is 1. The quantitative estimate of drug-likeness (QED) is 0.803. The Morgan fingerprint density at radius 1 is 1.14 bits per heavy atom. The van der Waals surface area contributed by atoms with Crippen LogP contribution in [0.3, 0.4) is 0 Å². The maximum Gasteiger partial charge on any atom is 0.192 e. The van der Waals surface area contributed by atoms with Gasteiger partial charge in [-0.05, 0) is 25.3 Å². The normalized spacial score (nSPS) is 20.1. The molecule has 0 bridgehead atoms. The predicted octanol–water partition coefficient (Wildman–Crippen LogP) is 4.68. The molecule has 2 aliphatic rings. The molecule has 22 heavy (non-hydrogen) atoms. The van der Waals surface area contributed by atoms with Crippen molar-refractivity contribution in [2.75, 3.05) is 6.54 Å². The molecule has 0 amide bonds. The summed E-state index contributed by atoms with van der Waals surface area (Å²) in [4.78, 5) is 16.5. The van der Waals surface area contributed by atoms with E-state index < -0.39 is 0 Å². The number of allylic oxidation sites excluding steroid dienone is 3. The monoisotopic (exact) mass is 307 g/mol. The van der Waals surface area contributed by atoms with Crippen LogP contribution in [0.2, 0.25) is 0 Å². The number of ketones is 1. The minimum Gasteiger partial charge on any atom is -0.345 e. The van der Waals surface area contributed by atoms with E-state index in [1.807, 2.05) is 18.2 Å². The second kappa shape index (κ2) is 4.96. The fourth-order valence-corrected chi connectivity index (χ4v) is 4.36. The van der Waals surface area contributed by atoms with Gasteiger partial charge in [-0.15, -0.1) is 11.3 Å². The van der Waals surface area contributed by atoms with Crippen molar-refractivity contribution in [2.24, 2.45) is 0 Å². The number of nitrogens with zero attached hydrogens (tertiary/aromatic N) is 1. The first kappa shape index (κ1) is 13.5. The van der Waals surface area contributed by atoms with Gasteiger partial charge in [0.2, 0.25) is 0 Å². The van der Waals surface area contributed by atoms with Crippen LogP contribution in [0.15, 0.2) is 59.1 Å². The van der Waals surface area contributed by atoms with Crippen LogP contribution in [0.1, 0.15) is 40.6 Å². The number of fused-ring (bicyclic) bond motifs is 2. The molecular formula is C19H17NOS. The van der Waals surface area contributed by atoms with Gasteiger partial charge in [-0.2, -0.15) is 0 Å². The van der Waals surface area contributed by atoms with E-state index in [9.17, 15) is 4.79 Å². The molecule has 0 N–H and O–H groups in total. The van der Waals surface area contributed by atoms with Crippen LogP contribution in [0.5, 0.6) is 0 Å². The van der Waals surface area contributed by atoms with Crippen LogP contribution in [0.25, 0.3) is 5.70 Å². The first-order valence-electron chi connectivity index (χ1n) is 7.60. The molecule has 0 saturated heterocycles. The first-order chi connectivity index (χ1) is 10.7. The maximum absolute atomic E-state index is 13.0. The van der Waals surface area contributed by atoms with Crippen molar-refractivity contribution in [2.45, 2.75) is 19.8 Å². The number of Topliss-reactive ketones (excluding diaryl/α,β-unsaturated/α-hetero) is 1. The van der Waals surface area contributed by atoms with Crippen molar-refractivity contribution < 1.29 is 4.79 Å². The number of carbonyl (C=O) groups excluding carboxylic acids is 1. The third-order valence-corrected chi connectivity index (χ3v) is 5.46. The molecule has 0 radical (unpaired) electrons. The Kier molecular flexibility index (Phi) is 3.05. The van der Waals surface area contributed by atoms with Gasteiger partial charge in [0.05, 0.1) is 5.70 Å². The van der Waals surface area contributed by atoms with Gasteiger partial charge in [0, 0.05) is 39.7 Å². The second-order valence-electron chi connectivity index (χ2n) is 5.68. The van der Waals surface area contributed by atoms with Crippen LogP contribution < -0.4 is 0 Å². The van der Waals surface area contributed by atoms with Crippen molar-refractivity contribution in [3.8, 4) is 0 Å². The van der Waals surface area contributed by atoms with E-state index in [-0.39, 0.29) is 11.7 Å². The highest BCUT2D eigenvalue weighted by Crippen LogP contribution is 2.47. The molecule has 0 fully saturated rings. The molecule has 4 rings (SSSR count). The van der Waals surface area contributed by atoms with Gasteiger partial charge >= 0.3 is 0 Å². The topological polar surface area (TPSA) is 20.3 Å². The molecular weight excluding hydrogens is 290 g/mol. The van der Waals surface area contributed by atoms with Gasteiger partial charge in [0.15, 0.2) is 5.78 Å². The summed E-state index contributed by atoms with van der Waals surface area (Å²) in [5.41, 5.74) is 5.20. The third-order valence-electron chi connectivity index (χ3n) is 4.51. The Morgan fingerprint density at radius 2 is 1.91 bits per heavy atom. The van der Waals surface area contributed by atoms with Crippen molar-refractivity contribution in [3.63, 3.8) is 0 Å². The van der Waals surface area contributed by atoms with Gasteiger partial charge in [-0.1, -0.05) is 36.4 Å². The molecule has 3 heteroatoms. The molecule has 1 atom stereocenters. The largest absolute Gasteiger partial charge is 0.345 e. The van der Waals surface area contributed by atoms with Crippen molar-refractivity contribution in [1.82, 2.24) is 4.90 Å². The van der Waals surface area contributed by atoms with Gasteiger partial charge in [-0.25, -0.2) is 0 Å². The minimum absolute atomic E-state index is 0.0812. The standard InChI is InChI=1S/C19H17NOS/c1-3-20-12(2)11-15(16-9-6-10-22-16)17-18(20)13-7-4-5-8-14(13)19(17)21/h4-11,15H,3H2,1-2H3. The molecule has 1 aliphatic heterocycles. The molecule has 2 nitrogen and oxygen atoms in total. The maximum atomic E-state index is 13.0. The van der Waals surface area contributed by atoms with E-state index in [0.29, 0.717) is 0 Å². The van der Waals surface area contributed by atoms with E-state index in [4.69, 9.17) is 0 Å². The first-order valence-corrected chi connectivity index (χ1v) is 8.48. The van der Waals surface area contributed by atoms with E-state index in [1.165, 1.54) is 10.6 Å². The summed E-state index contributed by atoms with van der Waals surface area (Å²) in [5, 5.41) is 2.08. The summed E-state index contributed by atoms with van der Waals surface area (Å²) in [7, 11) is 0. The summed E-state index contributed by atoms with van der Waals surface area (Å²) >= 11 is 1.72. The number of hydrogen-bond donors (Lipinski definition) is 0. The molecule has 110 valence electrons. The Morgan fingerprint density at radius 3 is 2.59 bits per heavy atom. The van der Waals surface area contributed by atoms with Gasteiger partial charge in [-0.3, -0.25) is 4.79 Å². The lowest BCUT2D eigenvalue weighted by Crippen LogP contribution is -2.25. The van der Waals surface area contributed by atoms with Crippen LogP contribution >= 0.6 is 11.3 Å². The average Bonchev–Trinajstić information content (AvgIpc) is 3.15. The third kappa shape index (κ3) is 1.75. The van der Waals surface area contributed by atoms with Gasteiger partial charge in [0.1, 0.15) is 0 Å². The van der Waals surface area contributed by atoms with Crippen molar-refractivity contribution in [3.05, 3.63) is 75.1 Å². The Balaban J connectivity index is 1.96. The van der Waals surface area contributed by atoms with Gasteiger partial charge in [0.25, 0.3) is 0 Å². The molecule has 1 aromatic carbocycles. The minimum atomic E-state index is 0.0812. The lowest BCUT2D eigenvalue weighted by atomic mass is 9.90. The van der Waals surface area contributed by atoms with Crippen molar-refractivity contribution >= 4 is 22.8 Å². The number of hydrogen-bond acceptors (Lipinski definition) is 3. The molecule has 2 heterocycles. The van der Waals surface area contributed by atoms with Crippen LogP contribution in [-0.2, 0) is 0 Å². The lowest BCUT2D eigenvalue weighted by Gasteiger charge is -2.33. The van der Waals surface area contributed by atoms with E-state index in [2.05, 4.69) is 48.4 Å². The number of rotatable bonds is 2. The summed E-state index contributed by atoms with van der Waals surface area (Å²) < 4.78 is 0. The molecule has 1 aliphatic carbocycles.